The van der Waals surface area contributed by atoms with E-state index in [1.165, 1.54) is 6.07 Å². The zero-order valence-corrected chi connectivity index (χ0v) is 10.9. The van der Waals surface area contributed by atoms with Crippen molar-refractivity contribution in [3.63, 3.8) is 0 Å². The molecule has 0 aliphatic heterocycles. The molecule has 0 aliphatic rings. The van der Waals surface area contributed by atoms with Crippen molar-refractivity contribution < 1.29 is 19.5 Å². The SMILES string of the molecule is Cc1c(Cl)cccc1C(=O)N[C@@H](CC(N)=O)C(=O)O. The highest BCUT2D eigenvalue weighted by molar-refractivity contribution is 6.31. The first kappa shape index (κ1) is 15.0. The Morgan fingerprint density at radius 1 is 1.42 bits per heavy atom. The van der Waals surface area contributed by atoms with Crippen LogP contribution in [0.5, 0.6) is 0 Å². The fourth-order valence-corrected chi connectivity index (χ4v) is 1.67. The standard InChI is InChI=1S/C12H13ClN2O4/c1-6-7(3-2-4-8(6)13)11(17)15-9(12(18)19)5-10(14)16/h2-4,9H,5H2,1H3,(H2,14,16)(H,15,17)(H,18,19)/t9-/m0/s1. The summed E-state index contributed by atoms with van der Waals surface area (Å²) in [6.07, 6.45) is -0.472. The molecular weight excluding hydrogens is 272 g/mol. The van der Waals surface area contributed by atoms with Gasteiger partial charge in [0.2, 0.25) is 5.91 Å². The van der Waals surface area contributed by atoms with Gasteiger partial charge in [0.25, 0.3) is 5.91 Å². The molecule has 6 nitrogen and oxygen atoms in total. The molecule has 1 aromatic rings. The lowest BCUT2D eigenvalue weighted by Crippen LogP contribution is -2.43. The maximum Gasteiger partial charge on any atom is 0.326 e. The number of hydrogen-bond acceptors (Lipinski definition) is 3. The van der Waals surface area contributed by atoms with Gasteiger partial charge in [-0.25, -0.2) is 4.79 Å². The molecule has 0 saturated heterocycles. The molecule has 0 fully saturated rings. The Bertz CT molecular complexity index is 530. The van der Waals surface area contributed by atoms with Crippen LogP contribution in [0.3, 0.4) is 0 Å². The summed E-state index contributed by atoms with van der Waals surface area (Å²) in [4.78, 5) is 33.6. The van der Waals surface area contributed by atoms with Crippen LogP contribution in [0.2, 0.25) is 5.02 Å². The number of nitrogens with two attached hydrogens (primary N) is 1. The third-order valence-corrected chi connectivity index (χ3v) is 2.93. The highest BCUT2D eigenvalue weighted by Gasteiger charge is 2.23. The minimum absolute atomic E-state index is 0.253. The van der Waals surface area contributed by atoms with Crippen molar-refractivity contribution >= 4 is 29.4 Å². The van der Waals surface area contributed by atoms with E-state index >= 15 is 0 Å². The average molecular weight is 285 g/mol. The average Bonchev–Trinajstić information content (AvgIpc) is 2.31. The van der Waals surface area contributed by atoms with Crippen LogP contribution in [0.4, 0.5) is 0 Å². The van der Waals surface area contributed by atoms with Crippen molar-refractivity contribution in [3.8, 4) is 0 Å². The second-order valence-electron chi connectivity index (χ2n) is 3.95. The summed E-state index contributed by atoms with van der Waals surface area (Å²) in [7, 11) is 0. The number of carbonyl (C=O) groups excluding carboxylic acids is 2. The number of carbonyl (C=O) groups is 3. The molecule has 0 saturated carbocycles. The number of rotatable bonds is 5. The Kier molecular flexibility index (Phi) is 4.88. The Hall–Kier alpha value is -2.08. The van der Waals surface area contributed by atoms with Gasteiger partial charge in [0.05, 0.1) is 6.42 Å². The molecule has 0 aromatic heterocycles. The second kappa shape index (κ2) is 6.19. The van der Waals surface area contributed by atoms with Gasteiger partial charge in [-0.15, -0.1) is 0 Å². The first-order chi connectivity index (χ1) is 8.82. The van der Waals surface area contributed by atoms with Gasteiger partial charge in [0.15, 0.2) is 0 Å². The van der Waals surface area contributed by atoms with E-state index in [-0.39, 0.29) is 5.56 Å². The highest BCUT2D eigenvalue weighted by Crippen LogP contribution is 2.18. The fourth-order valence-electron chi connectivity index (χ4n) is 1.49. The molecule has 0 spiro atoms. The smallest absolute Gasteiger partial charge is 0.326 e. The van der Waals surface area contributed by atoms with Crippen LogP contribution < -0.4 is 11.1 Å². The van der Waals surface area contributed by atoms with Gasteiger partial charge < -0.3 is 16.2 Å². The first-order valence-corrected chi connectivity index (χ1v) is 5.77. The van der Waals surface area contributed by atoms with Gasteiger partial charge in [-0.2, -0.15) is 0 Å². The summed E-state index contributed by atoms with van der Waals surface area (Å²) in [5.74, 6) is -2.75. The lowest BCUT2D eigenvalue weighted by Gasteiger charge is -2.14. The topological polar surface area (TPSA) is 109 Å². The zero-order valence-electron chi connectivity index (χ0n) is 10.1. The number of benzene rings is 1. The van der Waals surface area contributed by atoms with Crippen molar-refractivity contribution in [2.24, 2.45) is 5.73 Å². The van der Waals surface area contributed by atoms with Gasteiger partial charge in [-0.05, 0) is 24.6 Å². The van der Waals surface area contributed by atoms with Crippen molar-refractivity contribution in [2.45, 2.75) is 19.4 Å². The van der Waals surface area contributed by atoms with Crippen LogP contribution in [0.1, 0.15) is 22.3 Å². The molecule has 0 unspecified atom stereocenters. The van der Waals surface area contributed by atoms with Gasteiger partial charge in [-0.3, -0.25) is 9.59 Å². The minimum Gasteiger partial charge on any atom is -0.480 e. The molecule has 0 radical (unpaired) electrons. The van der Waals surface area contributed by atoms with Crippen molar-refractivity contribution in [2.75, 3.05) is 0 Å². The maximum absolute atomic E-state index is 11.9. The largest absolute Gasteiger partial charge is 0.480 e. The molecule has 2 amide bonds. The molecule has 0 aliphatic carbocycles. The third-order valence-electron chi connectivity index (χ3n) is 2.52. The van der Waals surface area contributed by atoms with E-state index in [0.717, 1.165) is 0 Å². The predicted molar refractivity (Wildman–Crippen MR) is 68.9 cm³/mol. The Labute approximate surface area is 114 Å². The predicted octanol–water partition coefficient (Wildman–Crippen LogP) is 0.707. The van der Waals surface area contributed by atoms with Gasteiger partial charge in [0, 0.05) is 10.6 Å². The number of carboxylic acid groups (broad SMARTS) is 1. The summed E-state index contributed by atoms with van der Waals surface area (Å²) in [6, 6.07) is 3.35. The van der Waals surface area contributed by atoms with Crippen LogP contribution in [-0.4, -0.2) is 28.9 Å². The van der Waals surface area contributed by atoms with E-state index in [9.17, 15) is 14.4 Å². The van der Waals surface area contributed by atoms with E-state index in [0.29, 0.717) is 10.6 Å². The molecule has 102 valence electrons. The zero-order chi connectivity index (χ0) is 14.6. The summed E-state index contributed by atoms with van der Waals surface area (Å²) in [5.41, 5.74) is 5.71. The molecule has 1 atom stereocenters. The van der Waals surface area contributed by atoms with Crippen LogP contribution >= 0.6 is 11.6 Å². The second-order valence-corrected chi connectivity index (χ2v) is 4.35. The van der Waals surface area contributed by atoms with E-state index < -0.39 is 30.2 Å². The number of aliphatic carboxylic acids is 1. The minimum atomic E-state index is -1.36. The number of amides is 2. The van der Waals surface area contributed by atoms with E-state index in [1.807, 2.05) is 0 Å². The Balaban J connectivity index is 2.91. The summed E-state index contributed by atoms with van der Waals surface area (Å²) in [6.45, 7) is 1.64. The summed E-state index contributed by atoms with van der Waals surface area (Å²) >= 11 is 5.87. The van der Waals surface area contributed by atoms with Crippen molar-refractivity contribution in [1.82, 2.24) is 5.32 Å². The summed E-state index contributed by atoms with van der Waals surface area (Å²) in [5, 5.41) is 11.5. The quantitative estimate of drug-likeness (QED) is 0.739. The van der Waals surface area contributed by atoms with Crippen LogP contribution in [-0.2, 0) is 9.59 Å². The lowest BCUT2D eigenvalue weighted by molar-refractivity contribution is -0.140. The molecule has 0 bridgehead atoms. The van der Waals surface area contributed by atoms with Crippen molar-refractivity contribution in [1.29, 1.82) is 0 Å². The molecular formula is C12H13ClN2O4. The van der Waals surface area contributed by atoms with Crippen LogP contribution in [0, 0.1) is 6.92 Å². The Morgan fingerprint density at radius 3 is 2.58 bits per heavy atom. The number of primary amides is 1. The van der Waals surface area contributed by atoms with Gasteiger partial charge >= 0.3 is 5.97 Å². The van der Waals surface area contributed by atoms with Gasteiger partial charge in [0.1, 0.15) is 6.04 Å². The van der Waals surface area contributed by atoms with E-state index in [2.05, 4.69) is 5.32 Å². The maximum atomic E-state index is 11.9. The fraction of sp³-hybridized carbons (Fsp3) is 0.250. The lowest BCUT2D eigenvalue weighted by atomic mass is 10.1. The van der Waals surface area contributed by atoms with E-state index in [1.54, 1.807) is 19.1 Å². The molecule has 4 N–H and O–H groups in total. The monoisotopic (exact) mass is 284 g/mol. The molecule has 1 aromatic carbocycles. The van der Waals surface area contributed by atoms with Crippen molar-refractivity contribution in [3.05, 3.63) is 34.3 Å². The van der Waals surface area contributed by atoms with E-state index in [4.69, 9.17) is 22.4 Å². The highest BCUT2D eigenvalue weighted by atomic mass is 35.5. The number of nitrogens with one attached hydrogen (secondary N) is 1. The third kappa shape index (κ3) is 3.96. The molecule has 0 heterocycles. The molecule has 7 heteroatoms. The molecule has 1 rings (SSSR count). The molecule has 19 heavy (non-hydrogen) atoms. The number of carboxylic acids is 1. The summed E-state index contributed by atoms with van der Waals surface area (Å²) < 4.78 is 0. The number of hydrogen-bond donors (Lipinski definition) is 3. The van der Waals surface area contributed by atoms with Crippen LogP contribution in [0.15, 0.2) is 18.2 Å². The first-order valence-electron chi connectivity index (χ1n) is 5.40. The van der Waals surface area contributed by atoms with Gasteiger partial charge in [-0.1, -0.05) is 17.7 Å². The van der Waals surface area contributed by atoms with Crippen LogP contribution in [0.25, 0.3) is 0 Å². The Morgan fingerprint density at radius 2 is 2.05 bits per heavy atom. The number of halogens is 1. The normalized spacial score (nSPS) is 11.7.